The van der Waals surface area contributed by atoms with Crippen LogP contribution in [-0.2, 0) is 10.0 Å². The van der Waals surface area contributed by atoms with E-state index < -0.39 is 10.0 Å². The van der Waals surface area contributed by atoms with Crippen molar-refractivity contribution < 1.29 is 8.42 Å². The molecule has 0 amide bonds. The summed E-state index contributed by atoms with van der Waals surface area (Å²) < 4.78 is 28.2. The Morgan fingerprint density at radius 3 is 2.44 bits per heavy atom. The summed E-state index contributed by atoms with van der Waals surface area (Å²) in [6.07, 6.45) is 0.862. The zero-order valence-corrected chi connectivity index (χ0v) is 15.6. The molecule has 0 saturated carbocycles. The van der Waals surface area contributed by atoms with Crippen LogP contribution in [0.5, 0.6) is 0 Å². The third-order valence-electron chi connectivity index (χ3n) is 2.44. The largest absolute Gasteiger partial charge is 0.241 e. The summed E-state index contributed by atoms with van der Waals surface area (Å²) in [6.45, 7) is 4.27. The van der Waals surface area contributed by atoms with Gasteiger partial charge in [-0.15, -0.1) is 0 Å². The molecule has 0 aliphatic rings. The lowest BCUT2D eigenvalue weighted by molar-refractivity contribution is 0.579. The lowest BCUT2D eigenvalue weighted by Crippen LogP contribution is -2.29. The molecule has 18 heavy (non-hydrogen) atoms. The molecule has 7 heteroatoms. The van der Waals surface area contributed by atoms with E-state index in [2.05, 4.69) is 52.5 Å². The molecule has 1 atom stereocenters. The number of alkyl halides is 1. The first kappa shape index (κ1) is 16.6. The molecule has 0 saturated heterocycles. The molecule has 3 nitrogen and oxygen atoms in total. The van der Waals surface area contributed by atoms with E-state index in [1.165, 1.54) is 0 Å². The Hall–Kier alpha value is 0.570. The quantitative estimate of drug-likeness (QED) is 0.671. The molecule has 0 aromatic heterocycles. The first-order valence-electron chi connectivity index (χ1n) is 5.37. The van der Waals surface area contributed by atoms with Crippen LogP contribution in [0.15, 0.2) is 26.0 Å². The van der Waals surface area contributed by atoms with Crippen LogP contribution in [-0.4, -0.2) is 19.8 Å². The number of rotatable bonds is 5. The standard InChI is InChI=1S/C11H14Br3NO2S/c1-3-8(12)6-15-18(16,17)11-5-9(13)7(2)4-10(11)14/h4-5,8,15H,3,6H2,1-2H3. The third kappa shape index (κ3) is 4.30. The molecule has 0 aliphatic carbocycles. The van der Waals surface area contributed by atoms with Gasteiger partial charge in [-0.3, -0.25) is 0 Å². The first-order valence-corrected chi connectivity index (χ1v) is 9.35. The molecule has 0 heterocycles. The van der Waals surface area contributed by atoms with Crippen molar-refractivity contribution in [2.75, 3.05) is 6.54 Å². The fourth-order valence-electron chi connectivity index (χ4n) is 1.26. The number of nitrogens with one attached hydrogen (secondary N) is 1. The Labute approximate surface area is 133 Å². The van der Waals surface area contributed by atoms with Gasteiger partial charge in [-0.2, -0.15) is 0 Å². The molecular formula is C11H14Br3NO2S. The number of hydrogen-bond acceptors (Lipinski definition) is 2. The van der Waals surface area contributed by atoms with E-state index in [1.807, 2.05) is 13.8 Å². The van der Waals surface area contributed by atoms with Gasteiger partial charge in [0.1, 0.15) is 0 Å². The Balaban J connectivity index is 3.02. The zero-order chi connectivity index (χ0) is 13.9. The molecule has 1 aromatic rings. The summed E-state index contributed by atoms with van der Waals surface area (Å²) in [5.74, 6) is 0. The van der Waals surface area contributed by atoms with E-state index in [1.54, 1.807) is 12.1 Å². The minimum absolute atomic E-state index is 0.139. The van der Waals surface area contributed by atoms with Gasteiger partial charge < -0.3 is 0 Å². The molecular weight excluding hydrogens is 450 g/mol. The highest BCUT2D eigenvalue weighted by molar-refractivity contribution is 9.11. The van der Waals surface area contributed by atoms with Gasteiger partial charge in [0.2, 0.25) is 10.0 Å². The van der Waals surface area contributed by atoms with Gasteiger partial charge in [0.25, 0.3) is 0 Å². The minimum atomic E-state index is -3.49. The van der Waals surface area contributed by atoms with Crippen molar-refractivity contribution in [3.63, 3.8) is 0 Å². The topological polar surface area (TPSA) is 46.2 Å². The summed E-state index contributed by atoms with van der Waals surface area (Å²) >= 11 is 10.0. The second-order valence-corrected chi connectivity index (χ2v) is 8.63. The predicted molar refractivity (Wildman–Crippen MR) is 84.8 cm³/mol. The summed E-state index contributed by atoms with van der Waals surface area (Å²) in [4.78, 5) is 0.385. The van der Waals surface area contributed by atoms with E-state index in [9.17, 15) is 8.42 Å². The van der Waals surface area contributed by atoms with Crippen LogP contribution < -0.4 is 4.72 Å². The summed E-state index contributed by atoms with van der Waals surface area (Å²) in [5.41, 5.74) is 0.979. The lowest BCUT2D eigenvalue weighted by Gasteiger charge is -2.12. The van der Waals surface area contributed by atoms with Crippen molar-refractivity contribution in [1.82, 2.24) is 4.72 Å². The Morgan fingerprint density at radius 2 is 1.89 bits per heavy atom. The molecule has 0 bridgehead atoms. The maximum absolute atomic E-state index is 12.2. The first-order chi connectivity index (χ1) is 8.27. The van der Waals surface area contributed by atoms with Crippen LogP contribution in [0.3, 0.4) is 0 Å². The van der Waals surface area contributed by atoms with E-state index in [4.69, 9.17) is 0 Å². The molecule has 1 aromatic carbocycles. The highest BCUT2D eigenvalue weighted by Gasteiger charge is 2.19. The molecule has 0 aliphatic heterocycles. The SMILES string of the molecule is CCC(Br)CNS(=O)(=O)c1cc(Br)c(C)cc1Br. The third-order valence-corrected chi connectivity index (χ3v) is 6.65. The maximum atomic E-state index is 12.2. The van der Waals surface area contributed by atoms with Crippen molar-refractivity contribution in [3.05, 3.63) is 26.6 Å². The summed E-state index contributed by atoms with van der Waals surface area (Å²) in [5, 5.41) is 0. The molecule has 0 fully saturated rings. The second kappa shape index (κ2) is 6.83. The van der Waals surface area contributed by atoms with Crippen LogP contribution in [0, 0.1) is 6.92 Å². The Morgan fingerprint density at radius 1 is 1.28 bits per heavy atom. The number of benzene rings is 1. The highest BCUT2D eigenvalue weighted by Crippen LogP contribution is 2.28. The lowest BCUT2D eigenvalue weighted by atomic mass is 10.2. The van der Waals surface area contributed by atoms with Gasteiger partial charge in [-0.05, 0) is 47.0 Å². The van der Waals surface area contributed by atoms with Crippen molar-refractivity contribution >= 4 is 57.8 Å². The zero-order valence-electron chi connectivity index (χ0n) is 10.0. The number of halogens is 3. The average Bonchev–Trinajstić information content (AvgIpc) is 2.30. The minimum Gasteiger partial charge on any atom is -0.210 e. The van der Waals surface area contributed by atoms with Crippen molar-refractivity contribution in [2.45, 2.75) is 30.0 Å². The predicted octanol–water partition coefficient (Wildman–Crippen LogP) is 3.97. The molecule has 1 unspecified atom stereocenters. The van der Waals surface area contributed by atoms with Crippen LogP contribution in [0.1, 0.15) is 18.9 Å². The maximum Gasteiger partial charge on any atom is 0.241 e. The van der Waals surface area contributed by atoms with E-state index in [-0.39, 0.29) is 9.72 Å². The van der Waals surface area contributed by atoms with Gasteiger partial charge in [0.05, 0.1) is 4.90 Å². The van der Waals surface area contributed by atoms with Crippen LogP contribution >= 0.6 is 47.8 Å². The van der Waals surface area contributed by atoms with Crippen molar-refractivity contribution in [2.24, 2.45) is 0 Å². The highest BCUT2D eigenvalue weighted by atomic mass is 79.9. The monoisotopic (exact) mass is 461 g/mol. The smallest absolute Gasteiger partial charge is 0.210 e. The van der Waals surface area contributed by atoms with Gasteiger partial charge >= 0.3 is 0 Å². The Kier molecular flexibility index (Phi) is 6.31. The Bertz CT molecular complexity index is 531. The average molecular weight is 464 g/mol. The van der Waals surface area contributed by atoms with Crippen LogP contribution in [0.25, 0.3) is 0 Å². The van der Waals surface area contributed by atoms with Gasteiger partial charge in [-0.1, -0.05) is 38.8 Å². The van der Waals surface area contributed by atoms with Gasteiger partial charge in [0, 0.05) is 20.3 Å². The summed E-state index contributed by atoms with van der Waals surface area (Å²) in [6, 6.07) is 3.39. The van der Waals surface area contributed by atoms with E-state index >= 15 is 0 Å². The van der Waals surface area contributed by atoms with Gasteiger partial charge in [-0.25, -0.2) is 13.1 Å². The fourth-order valence-corrected chi connectivity index (χ4v) is 4.39. The second-order valence-electron chi connectivity index (χ2n) is 3.89. The van der Waals surface area contributed by atoms with Crippen molar-refractivity contribution in [3.8, 4) is 0 Å². The van der Waals surface area contributed by atoms with Gasteiger partial charge in [0.15, 0.2) is 0 Å². The number of hydrogen-bond donors (Lipinski definition) is 1. The number of sulfonamides is 1. The molecule has 102 valence electrons. The van der Waals surface area contributed by atoms with E-state index in [0.717, 1.165) is 16.5 Å². The summed E-state index contributed by atoms with van der Waals surface area (Å²) in [7, 11) is -3.49. The number of aryl methyl sites for hydroxylation is 1. The molecule has 0 spiro atoms. The van der Waals surface area contributed by atoms with E-state index in [0.29, 0.717) is 11.0 Å². The van der Waals surface area contributed by atoms with Crippen LogP contribution in [0.2, 0.25) is 0 Å². The van der Waals surface area contributed by atoms with Crippen LogP contribution in [0.4, 0.5) is 0 Å². The molecule has 1 N–H and O–H groups in total. The molecule has 0 radical (unpaired) electrons. The van der Waals surface area contributed by atoms with Crippen molar-refractivity contribution in [1.29, 1.82) is 0 Å². The molecule has 1 rings (SSSR count). The normalized spacial score (nSPS) is 13.6. The fraction of sp³-hybridized carbons (Fsp3) is 0.455.